The third-order valence-corrected chi connectivity index (χ3v) is 3.53. The summed E-state index contributed by atoms with van der Waals surface area (Å²) in [5, 5.41) is 19.5. The molecule has 6 heteroatoms. The highest BCUT2D eigenvalue weighted by atomic mass is 16.5. The first-order valence-corrected chi connectivity index (χ1v) is 6.81. The van der Waals surface area contributed by atoms with Crippen molar-refractivity contribution in [2.24, 2.45) is 7.05 Å². The quantitative estimate of drug-likeness (QED) is 0.776. The molecule has 0 atom stereocenters. The van der Waals surface area contributed by atoms with Crippen LogP contribution < -0.4 is 10.3 Å². The Hall–Kier alpha value is -3.28. The van der Waals surface area contributed by atoms with E-state index in [0.717, 1.165) is 0 Å². The first-order valence-electron chi connectivity index (χ1n) is 6.81. The lowest BCUT2D eigenvalue weighted by atomic mass is 10.1. The first kappa shape index (κ1) is 14.6. The molecule has 0 aliphatic heterocycles. The lowest BCUT2D eigenvalue weighted by Gasteiger charge is -2.11. The summed E-state index contributed by atoms with van der Waals surface area (Å²) in [6.45, 7) is 0. The molecule has 1 heterocycles. The van der Waals surface area contributed by atoms with Crippen molar-refractivity contribution in [1.29, 1.82) is 0 Å². The van der Waals surface area contributed by atoms with Gasteiger partial charge in [0, 0.05) is 12.4 Å². The summed E-state index contributed by atoms with van der Waals surface area (Å²) in [5.74, 6) is -1.00. The zero-order valence-electron chi connectivity index (χ0n) is 12.2. The van der Waals surface area contributed by atoms with Gasteiger partial charge < -0.3 is 19.5 Å². The summed E-state index contributed by atoms with van der Waals surface area (Å²) in [6.07, 6.45) is 0. The number of aromatic hydroxyl groups is 1. The minimum absolute atomic E-state index is 0.234. The van der Waals surface area contributed by atoms with Crippen LogP contribution in [0, 0.1) is 0 Å². The van der Waals surface area contributed by atoms with Crippen molar-refractivity contribution in [2.75, 3.05) is 0 Å². The molecule has 0 fully saturated rings. The van der Waals surface area contributed by atoms with Gasteiger partial charge in [-0.3, -0.25) is 4.79 Å². The molecule has 2 N–H and O–H groups in total. The van der Waals surface area contributed by atoms with Crippen LogP contribution in [-0.2, 0) is 7.05 Å². The SMILES string of the molecule is Cn1c(=O)c(C(=O)O)c(O)c2cc(Oc3ccccc3)ccc21. The van der Waals surface area contributed by atoms with Gasteiger partial charge in [-0.05, 0) is 30.3 Å². The summed E-state index contributed by atoms with van der Waals surface area (Å²) in [7, 11) is 1.45. The average Bonchev–Trinajstić information content (AvgIpc) is 2.53. The highest BCUT2D eigenvalue weighted by molar-refractivity contribution is 5.99. The Labute approximate surface area is 130 Å². The fourth-order valence-electron chi connectivity index (χ4n) is 2.39. The second-order valence-electron chi connectivity index (χ2n) is 4.99. The summed E-state index contributed by atoms with van der Waals surface area (Å²) in [4.78, 5) is 23.2. The molecule has 0 aliphatic rings. The van der Waals surface area contributed by atoms with Gasteiger partial charge in [-0.15, -0.1) is 0 Å². The van der Waals surface area contributed by atoms with Gasteiger partial charge in [-0.2, -0.15) is 0 Å². The van der Waals surface area contributed by atoms with Crippen LogP contribution >= 0.6 is 0 Å². The van der Waals surface area contributed by atoms with Crippen molar-refractivity contribution in [1.82, 2.24) is 4.57 Å². The number of nitrogens with zero attached hydrogens (tertiary/aromatic N) is 1. The van der Waals surface area contributed by atoms with Crippen LogP contribution in [0.4, 0.5) is 0 Å². The van der Waals surface area contributed by atoms with E-state index >= 15 is 0 Å². The largest absolute Gasteiger partial charge is 0.506 e. The van der Waals surface area contributed by atoms with E-state index in [2.05, 4.69) is 0 Å². The average molecular weight is 311 g/mol. The van der Waals surface area contributed by atoms with Crippen LogP contribution in [0.1, 0.15) is 10.4 Å². The number of carboxylic acids is 1. The molecular formula is C17H13NO5. The topological polar surface area (TPSA) is 88.8 Å². The molecule has 3 aromatic rings. The third-order valence-electron chi connectivity index (χ3n) is 3.53. The summed E-state index contributed by atoms with van der Waals surface area (Å²) in [5.41, 5.74) is -1.01. The van der Waals surface area contributed by atoms with Gasteiger partial charge in [0.1, 0.15) is 17.2 Å². The van der Waals surface area contributed by atoms with Gasteiger partial charge in [0.15, 0.2) is 5.56 Å². The van der Waals surface area contributed by atoms with Crippen LogP contribution in [0.3, 0.4) is 0 Å². The number of rotatable bonds is 3. The number of aromatic nitrogens is 1. The number of para-hydroxylation sites is 1. The number of fused-ring (bicyclic) bond motifs is 1. The molecule has 0 unspecified atom stereocenters. The highest BCUT2D eigenvalue weighted by Gasteiger charge is 2.20. The molecule has 0 saturated carbocycles. The monoisotopic (exact) mass is 311 g/mol. The Morgan fingerprint density at radius 1 is 1.09 bits per heavy atom. The van der Waals surface area contributed by atoms with E-state index in [1.54, 1.807) is 24.3 Å². The second kappa shape index (κ2) is 5.49. The zero-order chi connectivity index (χ0) is 16.6. The van der Waals surface area contributed by atoms with Gasteiger partial charge in [-0.25, -0.2) is 4.79 Å². The van der Waals surface area contributed by atoms with Crippen molar-refractivity contribution >= 4 is 16.9 Å². The number of benzene rings is 2. The fraction of sp³-hybridized carbons (Fsp3) is 0.0588. The van der Waals surface area contributed by atoms with Crippen LogP contribution in [0.15, 0.2) is 53.3 Å². The van der Waals surface area contributed by atoms with Crippen LogP contribution in [0.5, 0.6) is 17.2 Å². The number of carbonyl (C=O) groups is 1. The van der Waals surface area contributed by atoms with Gasteiger partial charge in [0.2, 0.25) is 0 Å². The van der Waals surface area contributed by atoms with Crippen molar-refractivity contribution in [3.8, 4) is 17.2 Å². The van der Waals surface area contributed by atoms with E-state index in [0.29, 0.717) is 17.0 Å². The van der Waals surface area contributed by atoms with Crippen molar-refractivity contribution in [2.45, 2.75) is 0 Å². The van der Waals surface area contributed by atoms with E-state index < -0.39 is 22.8 Å². The van der Waals surface area contributed by atoms with E-state index in [9.17, 15) is 14.7 Å². The van der Waals surface area contributed by atoms with Crippen molar-refractivity contribution in [3.05, 3.63) is 64.4 Å². The molecule has 116 valence electrons. The number of ether oxygens (including phenoxy) is 1. The maximum atomic E-state index is 12.0. The molecule has 0 saturated heterocycles. The fourth-order valence-corrected chi connectivity index (χ4v) is 2.39. The van der Waals surface area contributed by atoms with Gasteiger partial charge in [-0.1, -0.05) is 18.2 Å². The lowest BCUT2D eigenvalue weighted by Crippen LogP contribution is -2.24. The van der Waals surface area contributed by atoms with E-state index in [1.807, 2.05) is 18.2 Å². The maximum absolute atomic E-state index is 12.0. The van der Waals surface area contributed by atoms with E-state index in [1.165, 1.54) is 17.7 Å². The summed E-state index contributed by atoms with van der Waals surface area (Å²) in [6, 6.07) is 13.8. The van der Waals surface area contributed by atoms with Crippen LogP contribution in [0.25, 0.3) is 10.9 Å². The Balaban J connectivity index is 2.19. The molecule has 6 nitrogen and oxygen atoms in total. The number of aryl methyl sites for hydroxylation is 1. The van der Waals surface area contributed by atoms with Gasteiger partial charge in [0.25, 0.3) is 5.56 Å². The first-order chi connectivity index (χ1) is 11.0. The zero-order valence-corrected chi connectivity index (χ0v) is 12.2. The normalized spacial score (nSPS) is 10.7. The number of hydrogen-bond donors (Lipinski definition) is 2. The Bertz CT molecular complexity index is 960. The number of hydrogen-bond acceptors (Lipinski definition) is 4. The molecule has 0 amide bonds. The molecule has 0 radical (unpaired) electrons. The minimum Gasteiger partial charge on any atom is -0.506 e. The standard InChI is InChI=1S/C17H13NO5/c1-18-13-8-7-11(23-10-5-3-2-4-6-10)9-12(13)15(19)14(16(18)20)17(21)22/h2-9,19H,1H3,(H,21,22). The van der Waals surface area contributed by atoms with Gasteiger partial charge in [0.05, 0.1) is 5.52 Å². The maximum Gasteiger partial charge on any atom is 0.345 e. The molecule has 0 bridgehead atoms. The Morgan fingerprint density at radius 2 is 1.78 bits per heavy atom. The van der Waals surface area contributed by atoms with E-state index in [-0.39, 0.29) is 5.39 Å². The van der Waals surface area contributed by atoms with Crippen molar-refractivity contribution < 1.29 is 19.7 Å². The predicted octanol–water partition coefficient (Wildman–Crippen LogP) is 2.73. The number of pyridine rings is 1. The highest BCUT2D eigenvalue weighted by Crippen LogP contribution is 2.31. The Kier molecular flexibility index (Phi) is 3.50. The Morgan fingerprint density at radius 3 is 2.43 bits per heavy atom. The summed E-state index contributed by atoms with van der Waals surface area (Å²) >= 11 is 0. The molecule has 0 aliphatic carbocycles. The molecule has 1 aromatic heterocycles. The molecule has 2 aromatic carbocycles. The molecular weight excluding hydrogens is 298 g/mol. The molecule has 0 spiro atoms. The summed E-state index contributed by atoms with van der Waals surface area (Å²) < 4.78 is 6.85. The predicted molar refractivity (Wildman–Crippen MR) is 84.3 cm³/mol. The minimum atomic E-state index is -1.47. The molecule has 3 rings (SSSR count). The van der Waals surface area contributed by atoms with Gasteiger partial charge >= 0.3 is 5.97 Å². The van der Waals surface area contributed by atoms with Crippen LogP contribution in [0.2, 0.25) is 0 Å². The van der Waals surface area contributed by atoms with Crippen LogP contribution in [-0.4, -0.2) is 20.7 Å². The lowest BCUT2D eigenvalue weighted by molar-refractivity contribution is 0.0691. The molecule has 23 heavy (non-hydrogen) atoms. The smallest absolute Gasteiger partial charge is 0.345 e. The van der Waals surface area contributed by atoms with Crippen molar-refractivity contribution in [3.63, 3.8) is 0 Å². The number of carboxylic acid groups (broad SMARTS) is 1. The second-order valence-corrected chi connectivity index (χ2v) is 4.99. The number of aromatic carboxylic acids is 1. The van der Waals surface area contributed by atoms with E-state index in [4.69, 9.17) is 9.84 Å². The third kappa shape index (κ3) is 2.50.